The van der Waals surface area contributed by atoms with E-state index in [1.165, 1.54) is 11.9 Å². The fourth-order valence-electron chi connectivity index (χ4n) is 1.29. The van der Waals surface area contributed by atoms with E-state index in [0.29, 0.717) is 0 Å². The number of carbonyl (C=O) groups is 1. The van der Waals surface area contributed by atoms with Crippen LogP contribution in [-0.2, 0) is 0 Å². The van der Waals surface area contributed by atoms with Crippen molar-refractivity contribution in [2.24, 2.45) is 0 Å². The molecule has 0 saturated carbocycles. The quantitative estimate of drug-likeness (QED) is 0.799. The van der Waals surface area contributed by atoms with Gasteiger partial charge in [-0.05, 0) is 12.2 Å². The van der Waals surface area contributed by atoms with E-state index in [1.54, 1.807) is 11.8 Å². The zero-order valence-corrected chi connectivity index (χ0v) is 9.12. The lowest BCUT2D eigenvalue weighted by Gasteiger charge is -2.24. The van der Waals surface area contributed by atoms with Gasteiger partial charge in [0.25, 0.3) is 0 Å². The smallest absolute Gasteiger partial charge is 0.329 e. The largest absolute Gasteiger partial charge is 0.405 e. The van der Waals surface area contributed by atoms with E-state index in [0.717, 1.165) is 17.9 Å². The van der Waals surface area contributed by atoms with E-state index >= 15 is 0 Å². The molecule has 0 aliphatic carbocycles. The summed E-state index contributed by atoms with van der Waals surface area (Å²) < 4.78 is 35.5. The minimum atomic E-state index is -4.35. The lowest BCUT2D eigenvalue weighted by molar-refractivity contribution is -0.123. The highest BCUT2D eigenvalue weighted by molar-refractivity contribution is 7.99. The molecule has 3 nitrogen and oxygen atoms in total. The van der Waals surface area contributed by atoms with E-state index in [1.807, 2.05) is 5.32 Å². The molecule has 1 aliphatic heterocycles. The number of carbonyl (C=O) groups excluding carboxylic acids is 1. The molecule has 1 heterocycles. The third-order valence-electron chi connectivity index (χ3n) is 2.21. The van der Waals surface area contributed by atoms with Gasteiger partial charge in [-0.2, -0.15) is 24.9 Å². The first kappa shape index (κ1) is 12.5. The number of thioether (sulfide) groups is 1. The van der Waals surface area contributed by atoms with Gasteiger partial charge in [0.1, 0.15) is 6.54 Å². The van der Waals surface area contributed by atoms with E-state index in [4.69, 9.17) is 0 Å². The highest BCUT2D eigenvalue weighted by Crippen LogP contribution is 2.21. The maximum absolute atomic E-state index is 11.8. The zero-order chi connectivity index (χ0) is 11.5. The number of halogens is 3. The Bertz CT molecular complexity index is 228. The minimum absolute atomic E-state index is 0.0585. The van der Waals surface area contributed by atoms with Crippen molar-refractivity contribution in [1.29, 1.82) is 0 Å². The van der Waals surface area contributed by atoms with Crippen LogP contribution in [0, 0.1) is 0 Å². The Morgan fingerprint density at radius 3 is 2.73 bits per heavy atom. The number of hydrogen-bond donors (Lipinski definition) is 1. The van der Waals surface area contributed by atoms with Crippen LogP contribution >= 0.6 is 11.8 Å². The Balaban J connectivity index is 2.32. The number of nitrogens with one attached hydrogen (secondary N) is 1. The van der Waals surface area contributed by atoms with Crippen molar-refractivity contribution < 1.29 is 18.0 Å². The van der Waals surface area contributed by atoms with Crippen molar-refractivity contribution in [3.05, 3.63) is 0 Å². The summed E-state index contributed by atoms with van der Waals surface area (Å²) in [5.74, 6) is 1.76. The third kappa shape index (κ3) is 4.19. The van der Waals surface area contributed by atoms with Gasteiger partial charge in [0, 0.05) is 18.8 Å². The first-order valence-electron chi connectivity index (χ1n) is 4.55. The van der Waals surface area contributed by atoms with Gasteiger partial charge in [-0.15, -0.1) is 0 Å². The van der Waals surface area contributed by atoms with Crippen LogP contribution in [0.3, 0.4) is 0 Å². The molecule has 1 aliphatic rings. The second-order valence-corrected chi connectivity index (χ2v) is 4.55. The molecular weight excluding hydrogens is 229 g/mol. The van der Waals surface area contributed by atoms with Gasteiger partial charge in [-0.3, -0.25) is 0 Å². The molecule has 7 heteroatoms. The predicted molar refractivity (Wildman–Crippen MR) is 52.9 cm³/mol. The Labute approximate surface area is 90.4 Å². The molecule has 0 bridgehead atoms. The molecule has 0 aromatic carbocycles. The Hall–Kier alpha value is -0.590. The van der Waals surface area contributed by atoms with Gasteiger partial charge in [0.2, 0.25) is 0 Å². The number of alkyl halides is 3. The van der Waals surface area contributed by atoms with Crippen LogP contribution in [0.4, 0.5) is 18.0 Å². The molecule has 1 atom stereocenters. The van der Waals surface area contributed by atoms with Crippen LogP contribution in [0.15, 0.2) is 0 Å². The molecule has 0 aromatic rings. The van der Waals surface area contributed by atoms with Crippen molar-refractivity contribution in [3.8, 4) is 0 Å². The lowest BCUT2D eigenvalue weighted by Crippen LogP contribution is -2.46. The standard InChI is InChI=1S/C8H13F3N2OS/c1-13(6-2-3-15-4-6)7(14)12-5-8(9,10)11/h6H,2-5H2,1H3,(H,12,14). The topological polar surface area (TPSA) is 32.3 Å². The molecular formula is C8H13F3N2OS. The average Bonchev–Trinajstić information content (AvgIpc) is 2.64. The molecule has 15 heavy (non-hydrogen) atoms. The molecule has 2 amide bonds. The van der Waals surface area contributed by atoms with E-state index < -0.39 is 18.8 Å². The molecule has 0 aromatic heterocycles. The fourth-order valence-corrected chi connectivity index (χ4v) is 2.56. The third-order valence-corrected chi connectivity index (χ3v) is 3.36. The summed E-state index contributed by atoms with van der Waals surface area (Å²) in [6, 6.07) is -0.594. The number of rotatable bonds is 2. The van der Waals surface area contributed by atoms with Crippen molar-refractivity contribution in [1.82, 2.24) is 10.2 Å². The van der Waals surface area contributed by atoms with Gasteiger partial charge < -0.3 is 10.2 Å². The van der Waals surface area contributed by atoms with Crippen LogP contribution < -0.4 is 5.32 Å². The normalized spacial score (nSPS) is 21.5. The van der Waals surface area contributed by atoms with Crippen molar-refractivity contribution >= 4 is 17.8 Å². The summed E-state index contributed by atoms with van der Waals surface area (Å²) in [6.07, 6.45) is -3.50. The first-order chi connectivity index (χ1) is 6.90. The van der Waals surface area contributed by atoms with Crippen LogP contribution in [0.2, 0.25) is 0 Å². The highest BCUT2D eigenvalue weighted by atomic mass is 32.2. The molecule has 88 valence electrons. The molecule has 1 saturated heterocycles. The van der Waals surface area contributed by atoms with Crippen molar-refractivity contribution in [2.45, 2.75) is 18.6 Å². The number of nitrogens with zero attached hydrogens (tertiary/aromatic N) is 1. The molecule has 1 unspecified atom stereocenters. The number of amides is 2. The summed E-state index contributed by atoms with van der Waals surface area (Å²) in [6.45, 7) is -1.27. The maximum atomic E-state index is 11.8. The molecule has 1 rings (SSSR count). The number of hydrogen-bond acceptors (Lipinski definition) is 2. The van der Waals surface area contributed by atoms with E-state index in [2.05, 4.69) is 0 Å². The Morgan fingerprint density at radius 2 is 2.27 bits per heavy atom. The summed E-state index contributed by atoms with van der Waals surface area (Å²) >= 11 is 1.71. The molecule has 0 spiro atoms. The van der Waals surface area contributed by atoms with Gasteiger partial charge in [-0.25, -0.2) is 4.79 Å². The van der Waals surface area contributed by atoms with Gasteiger partial charge >= 0.3 is 12.2 Å². The zero-order valence-electron chi connectivity index (χ0n) is 8.30. The first-order valence-corrected chi connectivity index (χ1v) is 5.71. The summed E-state index contributed by atoms with van der Waals surface area (Å²) in [7, 11) is 1.53. The van der Waals surface area contributed by atoms with Gasteiger partial charge in [-0.1, -0.05) is 0 Å². The molecule has 1 fully saturated rings. The van der Waals surface area contributed by atoms with Crippen LogP contribution in [0.5, 0.6) is 0 Å². The Morgan fingerprint density at radius 1 is 1.60 bits per heavy atom. The van der Waals surface area contributed by atoms with Crippen molar-refractivity contribution in [3.63, 3.8) is 0 Å². The van der Waals surface area contributed by atoms with Crippen molar-refractivity contribution in [2.75, 3.05) is 25.1 Å². The monoisotopic (exact) mass is 242 g/mol. The van der Waals surface area contributed by atoms with Crippen LogP contribution in [0.1, 0.15) is 6.42 Å². The van der Waals surface area contributed by atoms with Crippen LogP contribution in [0.25, 0.3) is 0 Å². The van der Waals surface area contributed by atoms with Gasteiger partial charge in [0.05, 0.1) is 0 Å². The highest BCUT2D eigenvalue weighted by Gasteiger charge is 2.30. The van der Waals surface area contributed by atoms with E-state index in [-0.39, 0.29) is 6.04 Å². The summed E-state index contributed by atoms with van der Waals surface area (Å²) in [5, 5.41) is 1.85. The number of urea groups is 1. The Kier molecular flexibility index (Phi) is 4.12. The average molecular weight is 242 g/mol. The predicted octanol–water partition coefficient (Wildman–Crippen LogP) is 1.70. The second kappa shape index (κ2) is 4.96. The lowest BCUT2D eigenvalue weighted by atomic mass is 10.2. The molecule has 0 radical (unpaired) electrons. The van der Waals surface area contributed by atoms with Crippen LogP contribution in [-0.4, -0.2) is 48.2 Å². The SMILES string of the molecule is CN(C(=O)NCC(F)(F)F)C1CCSC1. The van der Waals surface area contributed by atoms with E-state index in [9.17, 15) is 18.0 Å². The summed E-state index contributed by atoms with van der Waals surface area (Å²) in [4.78, 5) is 12.6. The maximum Gasteiger partial charge on any atom is 0.405 e. The minimum Gasteiger partial charge on any atom is -0.329 e. The summed E-state index contributed by atoms with van der Waals surface area (Å²) in [5.41, 5.74) is 0. The van der Waals surface area contributed by atoms with Gasteiger partial charge in [0.15, 0.2) is 0 Å². The second-order valence-electron chi connectivity index (χ2n) is 3.40. The fraction of sp³-hybridized carbons (Fsp3) is 0.875. The molecule has 1 N–H and O–H groups in total.